The smallest absolute Gasteiger partial charge is 0.166 e. The molecule has 0 saturated carbocycles. The summed E-state index contributed by atoms with van der Waals surface area (Å²) in [4.78, 5) is 0. The summed E-state index contributed by atoms with van der Waals surface area (Å²) in [5.41, 5.74) is -2.90. The van der Waals surface area contributed by atoms with Crippen LogP contribution in [0.5, 0.6) is 0 Å². The molecule has 0 amide bonds. The van der Waals surface area contributed by atoms with Crippen molar-refractivity contribution in [1.29, 1.82) is 0 Å². The average molecular weight is 439 g/mol. The fourth-order valence-corrected chi connectivity index (χ4v) is 5.29. The summed E-state index contributed by atoms with van der Waals surface area (Å²) in [6.45, 7) is 12.2. The Labute approximate surface area is 177 Å². The molecule has 0 nitrogen and oxygen atoms in total. The van der Waals surface area contributed by atoms with Gasteiger partial charge in [-0.2, -0.15) is 26.3 Å². The van der Waals surface area contributed by atoms with Crippen LogP contribution in [0.4, 0.5) is 26.3 Å². The van der Waals surface area contributed by atoms with E-state index in [-0.39, 0.29) is 17.0 Å². The molecule has 0 spiro atoms. The molecule has 0 aliphatic heterocycles. The fraction of sp³-hybridized carbons (Fsp3) is 0.750. The van der Waals surface area contributed by atoms with Crippen molar-refractivity contribution in [3.05, 3.63) is 34.9 Å². The SMILES string of the molecule is CCCCC(C)(CC)C(CC)(CCC)C(C)c1cc(C(F)(F)F)cc(C(F)(F)F)c1. The van der Waals surface area contributed by atoms with E-state index >= 15 is 0 Å². The summed E-state index contributed by atoms with van der Waals surface area (Å²) in [5.74, 6) is -0.437. The predicted molar refractivity (Wildman–Crippen MR) is 110 cm³/mol. The zero-order valence-electron chi connectivity index (χ0n) is 19.0. The lowest BCUT2D eigenvalue weighted by molar-refractivity contribution is -0.143. The van der Waals surface area contributed by atoms with Crippen molar-refractivity contribution in [2.24, 2.45) is 10.8 Å². The van der Waals surface area contributed by atoms with Crippen molar-refractivity contribution < 1.29 is 26.3 Å². The topological polar surface area (TPSA) is 0 Å². The Morgan fingerprint density at radius 2 is 1.23 bits per heavy atom. The standard InChI is InChI=1S/C24H36F6/c1-7-11-13-21(6,9-3)22(10-4,12-8-2)17(5)18-14-19(23(25,26)27)16-20(15-18)24(28,29)30/h14-17H,7-13H2,1-6H3. The Morgan fingerprint density at radius 3 is 1.57 bits per heavy atom. The number of alkyl halides is 6. The van der Waals surface area contributed by atoms with Gasteiger partial charge in [-0.3, -0.25) is 0 Å². The third kappa shape index (κ3) is 5.53. The summed E-state index contributed by atoms with van der Waals surface area (Å²) in [6.07, 6.45) is -3.65. The first-order valence-corrected chi connectivity index (χ1v) is 11.0. The van der Waals surface area contributed by atoms with E-state index in [1.54, 1.807) is 0 Å². The van der Waals surface area contributed by atoms with E-state index in [9.17, 15) is 26.3 Å². The summed E-state index contributed by atoms with van der Waals surface area (Å²) in [7, 11) is 0. The van der Waals surface area contributed by atoms with Gasteiger partial charge in [0.25, 0.3) is 0 Å². The molecule has 0 fully saturated rings. The van der Waals surface area contributed by atoms with Crippen molar-refractivity contribution >= 4 is 0 Å². The third-order valence-electron chi connectivity index (χ3n) is 7.33. The molecule has 3 unspecified atom stereocenters. The van der Waals surface area contributed by atoms with Crippen LogP contribution in [0.25, 0.3) is 0 Å². The maximum atomic E-state index is 13.4. The van der Waals surface area contributed by atoms with E-state index in [0.29, 0.717) is 6.42 Å². The van der Waals surface area contributed by atoms with Gasteiger partial charge in [-0.25, -0.2) is 0 Å². The average Bonchev–Trinajstić information content (AvgIpc) is 2.68. The van der Waals surface area contributed by atoms with E-state index in [2.05, 4.69) is 20.8 Å². The molecule has 0 saturated heterocycles. The van der Waals surface area contributed by atoms with Gasteiger partial charge < -0.3 is 0 Å². The first-order valence-electron chi connectivity index (χ1n) is 11.0. The molecule has 0 aliphatic carbocycles. The minimum absolute atomic E-state index is 0.128. The van der Waals surface area contributed by atoms with Crippen LogP contribution in [-0.2, 0) is 12.4 Å². The van der Waals surface area contributed by atoms with E-state index in [4.69, 9.17) is 0 Å². The second kappa shape index (κ2) is 9.95. The molecule has 6 heteroatoms. The highest BCUT2D eigenvalue weighted by molar-refractivity contribution is 5.36. The van der Waals surface area contributed by atoms with Gasteiger partial charge in [0.15, 0.2) is 0 Å². The van der Waals surface area contributed by atoms with E-state index in [1.807, 2.05) is 20.8 Å². The molecule has 3 atom stereocenters. The second-order valence-electron chi connectivity index (χ2n) is 8.84. The predicted octanol–water partition coefficient (Wildman–Crippen LogP) is 9.63. The number of unbranched alkanes of at least 4 members (excludes halogenated alkanes) is 1. The molecule has 0 heterocycles. The Hall–Kier alpha value is -1.20. The van der Waals surface area contributed by atoms with Gasteiger partial charge in [-0.05, 0) is 59.8 Å². The number of rotatable bonds is 10. The van der Waals surface area contributed by atoms with Crippen molar-refractivity contribution in [2.45, 2.75) is 105 Å². The monoisotopic (exact) mass is 438 g/mol. The molecular formula is C24H36F6. The molecule has 1 rings (SSSR count). The number of halogens is 6. The van der Waals surface area contributed by atoms with Gasteiger partial charge in [0.1, 0.15) is 0 Å². The molecule has 0 aliphatic rings. The van der Waals surface area contributed by atoms with Crippen molar-refractivity contribution in [2.75, 3.05) is 0 Å². The summed E-state index contributed by atoms with van der Waals surface area (Å²) >= 11 is 0. The zero-order valence-corrected chi connectivity index (χ0v) is 19.0. The minimum Gasteiger partial charge on any atom is -0.166 e. The highest BCUT2D eigenvalue weighted by atomic mass is 19.4. The van der Waals surface area contributed by atoms with E-state index in [1.165, 1.54) is 0 Å². The largest absolute Gasteiger partial charge is 0.416 e. The van der Waals surface area contributed by atoms with Crippen LogP contribution in [0, 0.1) is 10.8 Å². The lowest BCUT2D eigenvalue weighted by Gasteiger charge is -2.53. The summed E-state index contributed by atoms with van der Waals surface area (Å²) in [5, 5.41) is 0. The first kappa shape index (κ1) is 26.8. The number of hydrogen-bond acceptors (Lipinski definition) is 0. The van der Waals surface area contributed by atoms with Crippen LogP contribution in [0.15, 0.2) is 18.2 Å². The van der Waals surface area contributed by atoms with Crippen LogP contribution in [0.3, 0.4) is 0 Å². The summed E-state index contributed by atoms with van der Waals surface area (Å²) in [6, 6.07) is 2.07. The highest BCUT2D eigenvalue weighted by Crippen LogP contribution is 2.59. The molecule has 1 aromatic rings. The van der Waals surface area contributed by atoms with Gasteiger partial charge in [-0.1, -0.05) is 67.2 Å². The Kier molecular flexibility index (Phi) is 8.90. The lowest BCUT2D eigenvalue weighted by Crippen LogP contribution is -2.43. The van der Waals surface area contributed by atoms with E-state index < -0.39 is 34.8 Å². The quantitative estimate of drug-likeness (QED) is 0.319. The number of benzene rings is 1. The first-order chi connectivity index (χ1) is 13.7. The van der Waals surface area contributed by atoms with Crippen LogP contribution in [0.1, 0.15) is 109 Å². The molecule has 0 N–H and O–H groups in total. The maximum absolute atomic E-state index is 13.4. The molecule has 0 aromatic heterocycles. The Balaban J connectivity index is 3.72. The van der Waals surface area contributed by atoms with Crippen molar-refractivity contribution in [3.8, 4) is 0 Å². The van der Waals surface area contributed by atoms with Crippen molar-refractivity contribution in [1.82, 2.24) is 0 Å². The van der Waals surface area contributed by atoms with Crippen LogP contribution >= 0.6 is 0 Å². The van der Waals surface area contributed by atoms with Crippen LogP contribution < -0.4 is 0 Å². The molecular weight excluding hydrogens is 402 g/mol. The molecule has 0 bridgehead atoms. The molecule has 1 aromatic carbocycles. The van der Waals surface area contributed by atoms with Gasteiger partial charge in [0.05, 0.1) is 11.1 Å². The maximum Gasteiger partial charge on any atom is 0.416 e. The van der Waals surface area contributed by atoms with Gasteiger partial charge in [-0.15, -0.1) is 0 Å². The third-order valence-corrected chi connectivity index (χ3v) is 7.33. The molecule has 174 valence electrons. The zero-order chi connectivity index (χ0) is 23.4. The van der Waals surface area contributed by atoms with Crippen LogP contribution in [0.2, 0.25) is 0 Å². The van der Waals surface area contributed by atoms with Gasteiger partial charge in [0.2, 0.25) is 0 Å². The van der Waals surface area contributed by atoms with Gasteiger partial charge in [0, 0.05) is 0 Å². The Morgan fingerprint density at radius 1 is 0.733 bits per heavy atom. The Bertz CT molecular complexity index is 643. The minimum atomic E-state index is -4.83. The lowest BCUT2D eigenvalue weighted by atomic mass is 9.51. The highest BCUT2D eigenvalue weighted by Gasteiger charge is 2.49. The van der Waals surface area contributed by atoms with E-state index in [0.717, 1.165) is 50.7 Å². The normalized spacial score (nSPS) is 18.0. The number of hydrogen-bond donors (Lipinski definition) is 0. The molecule has 0 radical (unpaired) electrons. The van der Waals surface area contributed by atoms with Crippen molar-refractivity contribution in [3.63, 3.8) is 0 Å². The molecule has 30 heavy (non-hydrogen) atoms. The fourth-order valence-electron chi connectivity index (χ4n) is 5.29. The van der Waals surface area contributed by atoms with Crippen LogP contribution in [-0.4, -0.2) is 0 Å². The second-order valence-corrected chi connectivity index (χ2v) is 8.84. The van der Waals surface area contributed by atoms with Gasteiger partial charge >= 0.3 is 12.4 Å². The summed E-state index contributed by atoms with van der Waals surface area (Å²) < 4.78 is 80.6.